The highest BCUT2D eigenvalue weighted by molar-refractivity contribution is 6.04. The van der Waals surface area contributed by atoms with E-state index in [4.69, 9.17) is 8.83 Å². The van der Waals surface area contributed by atoms with E-state index in [0.717, 1.165) is 34.3 Å². The maximum atomic E-state index is 13.0. The van der Waals surface area contributed by atoms with Crippen molar-refractivity contribution in [3.05, 3.63) is 113 Å². The van der Waals surface area contributed by atoms with E-state index in [-0.39, 0.29) is 22.7 Å². The first-order chi connectivity index (χ1) is 16.0. The zero-order valence-electron chi connectivity index (χ0n) is 20.8. The summed E-state index contributed by atoms with van der Waals surface area (Å²) in [4.78, 5) is 13.0. The number of anilines is 1. The molecular weight excluding hydrogens is 422 g/mol. The molecule has 0 unspecified atom stereocenters. The molecule has 0 saturated carbocycles. The lowest BCUT2D eigenvalue weighted by Gasteiger charge is -2.20. The molecular formula is C30H33NO3. The van der Waals surface area contributed by atoms with Gasteiger partial charge in [0.15, 0.2) is 0 Å². The van der Waals surface area contributed by atoms with Crippen LogP contribution in [0.1, 0.15) is 86.4 Å². The fraction of sp³-hybridized carbons (Fsp3) is 0.300. The smallest absolute Gasteiger partial charge is 0.255 e. The van der Waals surface area contributed by atoms with E-state index in [9.17, 15) is 4.79 Å². The Morgan fingerprint density at radius 2 is 1.18 bits per heavy atom. The molecule has 0 bridgehead atoms. The number of furan rings is 2. The predicted octanol–water partition coefficient (Wildman–Crippen LogP) is 7.90. The van der Waals surface area contributed by atoms with E-state index in [1.165, 1.54) is 0 Å². The summed E-state index contributed by atoms with van der Waals surface area (Å²) < 4.78 is 12.8. The van der Waals surface area contributed by atoms with E-state index in [0.29, 0.717) is 5.56 Å². The first-order valence-corrected chi connectivity index (χ1v) is 11.7. The molecule has 0 aliphatic carbocycles. The van der Waals surface area contributed by atoms with Crippen LogP contribution in [0.3, 0.4) is 0 Å². The van der Waals surface area contributed by atoms with Crippen molar-refractivity contribution in [3.63, 3.8) is 0 Å². The Balaban J connectivity index is 1.81. The van der Waals surface area contributed by atoms with Gasteiger partial charge in [-0.3, -0.25) is 4.79 Å². The van der Waals surface area contributed by atoms with Crippen molar-refractivity contribution in [2.75, 3.05) is 5.32 Å². The zero-order chi connectivity index (χ0) is 24.5. The average Bonchev–Trinajstić information content (AvgIpc) is 3.46. The fourth-order valence-corrected chi connectivity index (χ4v) is 3.92. The molecule has 34 heavy (non-hydrogen) atoms. The number of hydrogen-bond donors (Lipinski definition) is 1. The summed E-state index contributed by atoms with van der Waals surface area (Å²) >= 11 is 0. The minimum absolute atomic E-state index is 0.121. The predicted molar refractivity (Wildman–Crippen MR) is 137 cm³/mol. The second-order valence-electron chi connectivity index (χ2n) is 10.7. The largest absolute Gasteiger partial charge is 0.464 e. The van der Waals surface area contributed by atoms with E-state index in [1.54, 1.807) is 12.1 Å². The first-order valence-electron chi connectivity index (χ1n) is 11.7. The summed E-state index contributed by atoms with van der Waals surface area (Å²) in [5.74, 6) is 2.90. The molecule has 0 radical (unpaired) electrons. The SMILES string of the molecule is CC(C)(C)c1ccc(C(c2ccc(C(C)(C)C)o2)c2ccccc2NC(=O)c2ccccc2)o1. The van der Waals surface area contributed by atoms with E-state index >= 15 is 0 Å². The first kappa shape index (κ1) is 23.6. The molecule has 1 amide bonds. The summed E-state index contributed by atoms with van der Waals surface area (Å²) in [6.07, 6.45) is 0. The van der Waals surface area contributed by atoms with Crippen molar-refractivity contribution in [2.24, 2.45) is 0 Å². The van der Waals surface area contributed by atoms with Gasteiger partial charge in [-0.2, -0.15) is 0 Å². The molecule has 4 heteroatoms. The molecule has 0 spiro atoms. The molecule has 176 valence electrons. The van der Waals surface area contributed by atoms with Crippen molar-refractivity contribution in [1.82, 2.24) is 0 Å². The molecule has 1 N–H and O–H groups in total. The second-order valence-corrected chi connectivity index (χ2v) is 10.7. The van der Waals surface area contributed by atoms with Gasteiger partial charge < -0.3 is 14.2 Å². The molecule has 2 heterocycles. The number of carbonyl (C=O) groups is 1. The van der Waals surface area contributed by atoms with Crippen LogP contribution in [0.25, 0.3) is 0 Å². The summed E-state index contributed by atoms with van der Waals surface area (Å²) in [5, 5.41) is 3.10. The summed E-state index contributed by atoms with van der Waals surface area (Å²) in [6.45, 7) is 12.8. The number of amides is 1. The van der Waals surface area contributed by atoms with Gasteiger partial charge in [0.05, 0.1) is 0 Å². The molecule has 0 aliphatic heterocycles. The molecule has 2 aromatic heterocycles. The van der Waals surface area contributed by atoms with Gasteiger partial charge in [0.2, 0.25) is 0 Å². The normalized spacial score (nSPS) is 12.2. The maximum absolute atomic E-state index is 13.0. The lowest BCUT2D eigenvalue weighted by atomic mass is 9.92. The summed E-state index contributed by atoms with van der Waals surface area (Å²) in [7, 11) is 0. The number of nitrogens with one attached hydrogen (secondary N) is 1. The Morgan fingerprint density at radius 1 is 0.676 bits per heavy atom. The molecule has 0 atom stereocenters. The number of rotatable bonds is 5. The van der Waals surface area contributed by atoms with Gasteiger partial charge in [0.25, 0.3) is 5.91 Å². The van der Waals surface area contributed by atoms with Crippen LogP contribution in [0.2, 0.25) is 0 Å². The molecule has 4 aromatic rings. The Bertz CT molecular complexity index is 1210. The van der Waals surface area contributed by atoms with Crippen LogP contribution in [0.15, 0.2) is 87.7 Å². The van der Waals surface area contributed by atoms with Gasteiger partial charge in [0, 0.05) is 22.1 Å². The van der Waals surface area contributed by atoms with Crippen molar-refractivity contribution < 1.29 is 13.6 Å². The van der Waals surface area contributed by atoms with Gasteiger partial charge in [-0.05, 0) is 48.0 Å². The minimum Gasteiger partial charge on any atom is -0.464 e. The van der Waals surface area contributed by atoms with Crippen LogP contribution < -0.4 is 5.32 Å². The van der Waals surface area contributed by atoms with Gasteiger partial charge >= 0.3 is 0 Å². The van der Waals surface area contributed by atoms with Crippen molar-refractivity contribution in [3.8, 4) is 0 Å². The van der Waals surface area contributed by atoms with Crippen molar-refractivity contribution in [2.45, 2.75) is 58.3 Å². The van der Waals surface area contributed by atoms with Crippen LogP contribution in [0.4, 0.5) is 5.69 Å². The summed E-state index contributed by atoms with van der Waals surface area (Å²) in [6, 6.07) is 25.1. The van der Waals surface area contributed by atoms with Gasteiger partial charge in [-0.15, -0.1) is 0 Å². The van der Waals surface area contributed by atoms with E-state index in [2.05, 4.69) is 46.9 Å². The number of carbonyl (C=O) groups excluding carboxylic acids is 1. The Labute approximate surface area is 202 Å². The van der Waals surface area contributed by atoms with Crippen LogP contribution >= 0.6 is 0 Å². The average molecular weight is 456 g/mol. The van der Waals surface area contributed by atoms with Gasteiger partial charge in [-0.1, -0.05) is 77.9 Å². The highest BCUT2D eigenvalue weighted by atomic mass is 16.4. The van der Waals surface area contributed by atoms with E-state index in [1.807, 2.05) is 66.7 Å². The summed E-state index contributed by atoms with van der Waals surface area (Å²) in [5.41, 5.74) is 2.00. The monoisotopic (exact) mass is 455 g/mol. The van der Waals surface area contributed by atoms with Gasteiger partial charge in [-0.25, -0.2) is 0 Å². The van der Waals surface area contributed by atoms with Crippen molar-refractivity contribution in [1.29, 1.82) is 0 Å². The lowest BCUT2D eigenvalue weighted by molar-refractivity contribution is 0.102. The third-order valence-corrected chi connectivity index (χ3v) is 5.86. The van der Waals surface area contributed by atoms with Gasteiger partial charge in [0.1, 0.15) is 29.0 Å². The third-order valence-electron chi connectivity index (χ3n) is 5.86. The quantitative estimate of drug-likeness (QED) is 0.333. The zero-order valence-corrected chi connectivity index (χ0v) is 20.8. The Hall–Kier alpha value is -3.53. The molecule has 0 aliphatic rings. The molecule has 0 saturated heterocycles. The minimum atomic E-state index is -0.306. The van der Waals surface area contributed by atoms with E-state index < -0.39 is 0 Å². The topological polar surface area (TPSA) is 55.4 Å². The number of benzene rings is 2. The highest BCUT2D eigenvalue weighted by Gasteiger charge is 2.30. The maximum Gasteiger partial charge on any atom is 0.255 e. The van der Waals surface area contributed by atoms with Crippen LogP contribution in [-0.4, -0.2) is 5.91 Å². The molecule has 4 rings (SSSR count). The molecule has 2 aromatic carbocycles. The van der Waals surface area contributed by atoms with Crippen LogP contribution in [-0.2, 0) is 10.8 Å². The van der Waals surface area contributed by atoms with Crippen LogP contribution in [0, 0.1) is 0 Å². The Kier molecular flexibility index (Phi) is 6.26. The third kappa shape index (κ3) is 5.01. The molecule has 4 nitrogen and oxygen atoms in total. The van der Waals surface area contributed by atoms with Crippen LogP contribution in [0.5, 0.6) is 0 Å². The number of hydrogen-bond acceptors (Lipinski definition) is 3. The number of para-hydroxylation sites is 1. The molecule has 0 fully saturated rings. The fourth-order valence-electron chi connectivity index (χ4n) is 3.92. The lowest BCUT2D eigenvalue weighted by Crippen LogP contribution is -2.15. The highest BCUT2D eigenvalue weighted by Crippen LogP contribution is 2.40. The second kappa shape index (κ2) is 9.02. The standard InChI is InChI=1S/C30H33NO3/c1-29(2,3)25-18-16-23(33-25)27(24-17-19-26(34-24)30(4,5)6)21-14-10-11-15-22(21)31-28(32)20-12-8-7-9-13-20/h7-19,27H,1-6H3,(H,31,32). The Morgan fingerprint density at radius 3 is 1.68 bits per heavy atom. The van der Waals surface area contributed by atoms with Crippen molar-refractivity contribution >= 4 is 11.6 Å².